The van der Waals surface area contributed by atoms with Gasteiger partial charge < -0.3 is 19.4 Å². The Kier molecular flexibility index (Phi) is 7.07. The van der Waals surface area contributed by atoms with E-state index in [1.165, 1.54) is 0 Å². The fourth-order valence-electron chi connectivity index (χ4n) is 4.24. The van der Waals surface area contributed by atoms with E-state index in [1.807, 2.05) is 30.3 Å². The summed E-state index contributed by atoms with van der Waals surface area (Å²) < 4.78 is 37.0. The van der Waals surface area contributed by atoms with Crippen LogP contribution in [0.2, 0.25) is 0 Å². The molecule has 33 heavy (non-hydrogen) atoms. The Morgan fingerprint density at radius 1 is 1.21 bits per heavy atom. The lowest BCUT2D eigenvalue weighted by Crippen LogP contribution is -2.47. The van der Waals surface area contributed by atoms with Gasteiger partial charge in [-0.2, -0.15) is 8.78 Å². The van der Waals surface area contributed by atoms with Crippen LogP contribution in [0, 0.1) is 5.92 Å². The van der Waals surface area contributed by atoms with Crippen molar-refractivity contribution < 1.29 is 28.1 Å². The molecule has 8 heteroatoms. The van der Waals surface area contributed by atoms with Crippen molar-refractivity contribution in [2.75, 3.05) is 19.7 Å². The van der Waals surface area contributed by atoms with Gasteiger partial charge in [0.15, 0.2) is 5.76 Å². The fraction of sp³-hybridized carbons (Fsp3) is 0.400. The molecule has 1 aliphatic heterocycles. The van der Waals surface area contributed by atoms with Crippen LogP contribution in [-0.2, 0) is 6.54 Å². The van der Waals surface area contributed by atoms with Crippen molar-refractivity contribution in [2.24, 2.45) is 5.92 Å². The zero-order valence-corrected chi connectivity index (χ0v) is 18.5. The number of oxazole rings is 1. The van der Waals surface area contributed by atoms with Gasteiger partial charge in [0.05, 0.1) is 18.4 Å². The minimum absolute atomic E-state index is 0.0798. The zero-order valence-electron chi connectivity index (χ0n) is 18.5. The second kappa shape index (κ2) is 9.99. The molecule has 0 amide bonds. The van der Waals surface area contributed by atoms with E-state index in [0.29, 0.717) is 35.9 Å². The van der Waals surface area contributed by atoms with Crippen molar-refractivity contribution in [2.45, 2.75) is 38.5 Å². The first-order chi connectivity index (χ1) is 15.9. The van der Waals surface area contributed by atoms with Crippen LogP contribution in [0.25, 0.3) is 22.8 Å². The molecule has 0 saturated carbocycles. The molecule has 2 N–H and O–H groups in total. The lowest BCUT2D eigenvalue weighted by atomic mass is 9.83. The summed E-state index contributed by atoms with van der Waals surface area (Å²) in [5, 5.41) is 19.9. The molecule has 1 aromatic heterocycles. The summed E-state index contributed by atoms with van der Waals surface area (Å²) in [6.07, 6.45) is 3.22. The number of ether oxygens (including phenoxy) is 1. The van der Waals surface area contributed by atoms with Crippen molar-refractivity contribution in [1.82, 2.24) is 9.88 Å². The van der Waals surface area contributed by atoms with Gasteiger partial charge in [-0.05, 0) is 44.5 Å². The van der Waals surface area contributed by atoms with E-state index in [2.05, 4.69) is 9.88 Å². The maximum Gasteiger partial charge on any atom is 0.387 e. The van der Waals surface area contributed by atoms with E-state index >= 15 is 0 Å². The van der Waals surface area contributed by atoms with Crippen LogP contribution in [0.15, 0.2) is 59.1 Å². The lowest BCUT2D eigenvalue weighted by molar-refractivity contribution is -0.0702. The number of halogens is 2. The molecular weight excluding hydrogens is 430 g/mol. The molecule has 0 unspecified atom stereocenters. The Morgan fingerprint density at radius 2 is 2.00 bits per heavy atom. The standard InChI is InChI=1S/C25H28F2N2O4/c1-25(31,16-30)20-8-5-11-29(15-20)14-19-10-9-18(12-21(19)33-24(26)27)22-13-28-23(32-22)17-6-3-2-4-7-17/h2-4,6-7,9-10,12-13,20,24,30-31H,5,8,11,14-16H2,1H3/t20-,25+/m0/s1. The van der Waals surface area contributed by atoms with Gasteiger partial charge >= 0.3 is 6.61 Å². The Balaban J connectivity index is 1.55. The summed E-state index contributed by atoms with van der Waals surface area (Å²) in [7, 11) is 0. The number of piperidine rings is 1. The Bertz CT molecular complexity index is 1060. The van der Waals surface area contributed by atoms with E-state index in [4.69, 9.17) is 9.15 Å². The Hall–Kier alpha value is -2.81. The third kappa shape index (κ3) is 5.58. The van der Waals surface area contributed by atoms with Crippen LogP contribution in [-0.4, -0.2) is 52.0 Å². The first kappa shape index (κ1) is 23.4. The second-order valence-electron chi connectivity index (χ2n) is 8.69. The van der Waals surface area contributed by atoms with Crippen LogP contribution >= 0.6 is 0 Å². The van der Waals surface area contributed by atoms with Crippen molar-refractivity contribution in [3.8, 4) is 28.5 Å². The SMILES string of the molecule is C[C@@](O)(CO)[C@H]1CCCN(Cc2ccc(-c3cnc(-c4ccccc4)o3)cc2OC(F)F)C1. The molecule has 2 atom stereocenters. The molecule has 1 aliphatic rings. The highest BCUT2D eigenvalue weighted by atomic mass is 19.3. The molecule has 2 aromatic carbocycles. The molecule has 0 aliphatic carbocycles. The molecule has 176 valence electrons. The molecule has 3 aromatic rings. The number of hydrogen-bond donors (Lipinski definition) is 2. The molecule has 2 heterocycles. The minimum atomic E-state index is -2.96. The third-order valence-electron chi connectivity index (χ3n) is 6.19. The number of aliphatic hydroxyl groups is 2. The molecule has 1 saturated heterocycles. The summed E-state index contributed by atoms with van der Waals surface area (Å²) in [4.78, 5) is 6.39. The summed E-state index contributed by atoms with van der Waals surface area (Å²) in [5.41, 5.74) is 0.853. The molecule has 4 rings (SSSR count). The monoisotopic (exact) mass is 458 g/mol. The van der Waals surface area contributed by atoms with E-state index < -0.39 is 12.2 Å². The van der Waals surface area contributed by atoms with Crippen molar-refractivity contribution in [1.29, 1.82) is 0 Å². The van der Waals surface area contributed by atoms with Crippen LogP contribution < -0.4 is 4.74 Å². The highest BCUT2D eigenvalue weighted by Gasteiger charge is 2.34. The molecule has 0 bridgehead atoms. The predicted octanol–water partition coefficient (Wildman–Crippen LogP) is 4.57. The number of nitrogens with zero attached hydrogens (tertiary/aromatic N) is 2. The van der Waals surface area contributed by atoms with Crippen molar-refractivity contribution in [3.63, 3.8) is 0 Å². The zero-order chi connectivity index (χ0) is 23.4. The first-order valence-electron chi connectivity index (χ1n) is 11.0. The summed E-state index contributed by atoms with van der Waals surface area (Å²) in [6, 6.07) is 14.5. The van der Waals surface area contributed by atoms with Gasteiger partial charge in [-0.3, -0.25) is 4.90 Å². The number of rotatable bonds is 8. The van der Waals surface area contributed by atoms with Gasteiger partial charge in [-0.1, -0.05) is 30.3 Å². The summed E-state index contributed by atoms with van der Waals surface area (Å²) in [5.74, 6) is 0.884. The van der Waals surface area contributed by atoms with E-state index in [0.717, 1.165) is 24.9 Å². The normalized spacial score (nSPS) is 18.9. The van der Waals surface area contributed by atoms with Gasteiger partial charge in [0.1, 0.15) is 5.75 Å². The molecular formula is C25H28F2N2O4. The van der Waals surface area contributed by atoms with Gasteiger partial charge in [0.2, 0.25) is 5.89 Å². The highest BCUT2D eigenvalue weighted by molar-refractivity contribution is 5.63. The fourth-order valence-corrected chi connectivity index (χ4v) is 4.24. The third-order valence-corrected chi connectivity index (χ3v) is 6.19. The Morgan fingerprint density at radius 3 is 2.73 bits per heavy atom. The molecule has 0 radical (unpaired) electrons. The quantitative estimate of drug-likeness (QED) is 0.515. The van der Waals surface area contributed by atoms with Crippen molar-refractivity contribution in [3.05, 3.63) is 60.3 Å². The van der Waals surface area contributed by atoms with E-state index in [9.17, 15) is 19.0 Å². The average Bonchev–Trinajstić information content (AvgIpc) is 3.31. The minimum Gasteiger partial charge on any atom is -0.436 e. The molecule has 1 fully saturated rings. The van der Waals surface area contributed by atoms with Gasteiger partial charge in [-0.25, -0.2) is 4.98 Å². The number of aromatic nitrogens is 1. The van der Waals surface area contributed by atoms with Crippen LogP contribution in [0.1, 0.15) is 25.3 Å². The predicted molar refractivity (Wildman–Crippen MR) is 120 cm³/mol. The summed E-state index contributed by atoms with van der Waals surface area (Å²) in [6.45, 7) is 0.0802. The smallest absolute Gasteiger partial charge is 0.387 e. The van der Waals surface area contributed by atoms with Crippen LogP contribution in [0.4, 0.5) is 8.78 Å². The number of aliphatic hydroxyl groups excluding tert-OH is 1. The molecule has 6 nitrogen and oxygen atoms in total. The maximum absolute atomic E-state index is 13.2. The lowest BCUT2D eigenvalue weighted by Gasteiger charge is -2.39. The van der Waals surface area contributed by atoms with Gasteiger partial charge in [-0.15, -0.1) is 0 Å². The van der Waals surface area contributed by atoms with Crippen LogP contribution in [0.5, 0.6) is 5.75 Å². The van der Waals surface area contributed by atoms with E-state index in [1.54, 1.807) is 31.3 Å². The van der Waals surface area contributed by atoms with Gasteiger partial charge in [0, 0.05) is 35.7 Å². The maximum atomic E-state index is 13.2. The van der Waals surface area contributed by atoms with Crippen LogP contribution in [0.3, 0.4) is 0 Å². The number of hydrogen-bond acceptors (Lipinski definition) is 6. The topological polar surface area (TPSA) is 79.0 Å². The van der Waals surface area contributed by atoms with Gasteiger partial charge in [0.25, 0.3) is 0 Å². The summed E-state index contributed by atoms with van der Waals surface area (Å²) >= 11 is 0. The van der Waals surface area contributed by atoms with Crippen molar-refractivity contribution >= 4 is 0 Å². The number of alkyl halides is 2. The Labute approximate surface area is 191 Å². The largest absolute Gasteiger partial charge is 0.436 e. The highest BCUT2D eigenvalue weighted by Crippen LogP contribution is 2.33. The second-order valence-corrected chi connectivity index (χ2v) is 8.69. The molecule has 0 spiro atoms. The van der Waals surface area contributed by atoms with E-state index in [-0.39, 0.29) is 18.3 Å². The number of likely N-dealkylation sites (tertiary alicyclic amines) is 1. The number of benzene rings is 2. The first-order valence-corrected chi connectivity index (χ1v) is 11.0. The average molecular weight is 459 g/mol.